The van der Waals surface area contributed by atoms with Gasteiger partial charge in [-0.05, 0) is 19.1 Å². The van der Waals surface area contributed by atoms with Gasteiger partial charge < -0.3 is 15.2 Å². The third kappa shape index (κ3) is 2.84. The molecule has 2 aromatic heterocycles. The number of hydrogen-bond donors (Lipinski definition) is 2. The fraction of sp³-hybridized carbons (Fsp3) is 0.364. The predicted molar refractivity (Wildman–Crippen MR) is 68.5 cm³/mol. The average molecular weight is 261 g/mol. The summed E-state index contributed by atoms with van der Waals surface area (Å²) in [6.45, 7) is 1.94. The smallest absolute Gasteiger partial charge is 0.271 e. The summed E-state index contributed by atoms with van der Waals surface area (Å²) in [5.41, 5.74) is 0.277. The Hall–Kier alpha value is -2.51. The Morgan fingerprint density at radius 2 is 2.11 bits per heavy atom. The first kappa shape index (κ1) is 12.9. The van der Waals surface area contributed by atoms with Gasteiger partial charge in [-0.25, -0.2) is 0 Å². The van der Waals surface area contributed by atoms with Crippen LogP contribution in [0.4, 0.5) is 5.82 Å². The number of carbonyl (C=O) groups is 1. The van der Waals surface area contributed by atoms with Crippen LogP contribution in [0.2, 0.25) is 0 Å². The number of aryl methyl sites for hydroxylation is 1. The highest BCUT2D eigenvalue weighted by atomic mass is 16.1. The first-order valence-electron chi connectivity index (χ1n) is 5.78. The topological polar surface area (TPSA) is 97.6 Å². The number of nitrogens with one attached hydrogen (secondary N) is 2. The number of hydrogen-bond acceptors (Lipinski definition) is 6. The summed E-state index contributed by atoms with van der Waals surface area (Å²) in [5, 5.41) is 21.2. The van der Waals surface area contributed by atoms with E-state index in [2.05, 4.69) is 31.0 Å². The molecule has 8 nitrogen and oxygen atoms in total. The van der Waals surface area contributed by atoms with Crippen molar-refractivity contribution in [2.75, 3.05) is 12.4 Å². The minimum atomic E-state index is -0.264. The first-order valence-corrected chi connectivity index (χ1v) is 5.78. The molecule has 8 heteroatoms. The van der Waals surface area contributed by atoms with Crippen molar-refractivity contribution in [3.8, 4) is 0 Å². The number of carbonyl (C=O) groups excluding carboxylic acids is 1. The SMILES string of the molecule is CNC(=O)c1ccc(NC(C)c2nncn2C)nn1. The lowest BCUT2D eigenvalue weighted by molar-refractivity contribution is 0.0957. The fourth-order valence-corrected chi connectivity index (χ4v) is 1.63. The molecular weight excluding hydrogens is 246 g/mol. The summed E-state index contributed by atoms with van der Waals surface area (Å²) in [6, 6.07) is 3.25. The molecule has 0 spiro atoms. The number of aromatic nitrogens is 5. The Labute approximate surface area is 110 Å². The summed E-state index contributed by atoms with van der Waals surface area (Å²) < 4.78 is 1.82. The average Bonchev–Trinajstić information content (AvgIpc) is 2.85. The molecule has 2 heterocycles. The summed E-state index contributed by atoms with van der Waals surface area (Å²) in [5.74, 6) is 1.10. The van der Waals surface area contributed by atoms with Crippen molar-refractivity contribution in [3.05, 3.63) is 30.0 Å². The van der Waals surface area contributed by atoms with Crippen LogP contribution in [-0.4, -0.2) is 37.9 Å². The third-order valence-corrected chi connectivity index (χ3v) is 2.62. The van der Waals surface area contributed by atoms with Crippen molar-refractivity contribution in [1.29, 1.82) is 0 Å². The van der Waals surface area contributed by atoms with E-state index in [1.807, 2.05) is 18.5 Å². The van der Waals surface area contributed by atoms with Crippen LogP contribution in [-0.2, 0) is 7.05 Å². The molecule has 0 radical (unpaired) electrons. The zero-order chi connectivity index (χ0) is 13.8. The second kappa shape index (κ2) is 5.42. The normalized spacial score (nSPS) is 11.9. The van der Waals surface area contributed by atoms with Crippen LogP contribution >= 0.6 is 0 Å². The van der Waals surface area contributed by atoms with Gasteiger partial charge in [-0.15, -0.1) is 20.4 Å². The van der Waals surface area contributed by atoms with Crippen molar-refractivity contribution < 1.29 is 4.79 Å². The van der Waals surface area contributed by atoms with Gasteiger partial charge in [-0.2, -0.15) is 0 Å². The largest absolute Gasteiger partial charge is 0.359 e. The molecule has 1 atom stereocenters. The zero-order valence-corrected chi connectivity index (χ0v) is 11.0. The standard InChI is InChI=1S/C11H15N7O/c1-7(10-17-13-6-18(10)3)14-9-5-4-8(15-16-9)11(19)12-2/h4-7H,1-3H3,(H,12,19)(H,14,16). The van der Waals surface area contributed by atoms with Crippen LogP contribution in [0.3, 0.4) is 0 Å². The van der Waals surface area contributed by atoms with Crippen LogP contribution in [0.5, 0.6) is 0 Å². The Bertz CT molecular complexity index is 563. The van der Waals surface area contributed by atoms with Gasteiger partial charge in [0.2, 0.25) is 0 Å². The first-order chi connectivity index (χ1) is 9.11. The van der Waals surface area contributed by atoms with Crippen LogP contribution in [0.15, 0.2) is 18.5 Å². The summed E-state index contributed by atoms with van der Waals surface area (Å²) >= 11 is 0. The van der Waals surface area contributed by atoms with E-state index in [0.717, 1.165) is 5.82 Å². The van der Waals surface area contributed by atoms with Crippen molar-refractivity contribution in [2.45, 2.75) is 13.0 Å². The minimum Gasteiger partial charge on any atom is -0.359 e. The molecule has 2 rings (SSSR count). The van der Waals surface area contributed by atoms with Gasteiger partial charge in [0.25, 0.3) is 5.91 Å². The maximum Gasteiger partial charge on any atom is 0.271 e. The Balaban J connectivity index is 2.08. The number of nitrogens with zero attached hydrogens (tertiary/aromatic N) is 5. The molecular formula is C11H15N7O. The predicted octanol–water partition coefficient (Wildman–Crippen LogP) is 0.138. The molecule has 19 heavy (non-hydrogen) atoms. The number of amides is 1. The molecule has 0 fully saturated rings. The highest BCUT2D eigenvalue weighted by Crippen LogP contribution is 2.14. The van der Waals surface area contributed by atoms with Gasteiger partial charge in [0, 0.05) is 14.1 Å². The van der Waals surface area contributed by atoms with Gasteiger partial charge >= 0.3 is 0 Å². The molecule has 2 aromatic rings. The van der Waals surface area contributed by atoms with Crippen molar-refractivity contribution in [1.82, 2.24) is 30.3 Å². The van der Waals surface area contributed by atoms with E-state index in [1.165, 1.54) is 0 Å². The summed E-state index contributed by atoms with van der Waals surface area (Å²) in [4.78, 5) is 11.3. The van der Waals surface area contributed by atoms with Crippen LogP contribution < -0.4 is 10.6 Å². The zero-order valence-electron chi connectivity index (χ0n) is 11.0. The van der Waals surface area contributed by atoms with Crippen molar-refractivity contribution >= 4 is 11.7 Å². The van der Waals surface area contributed by atoms with E-state index in [1.54, 1.807) is 25.5 Å². The third-order valence-electron chi connectivity index (χ3n) is 2.62. The molecule has 0 aliphatic heterocycles. The quantitative estimate of drug-likeness (QED) is 0.812. The van der Waals surface area contributed by atoms with Gasteiger partial charge in [0.1, 0.15) is 12.1 Å². The molecule has 0 aromatic carbocycles. The Morgan fingerprint density at radius 1 is 1.32 bits per heavy atom. The van der Waals surface area contributed by atoms with E-state index < -0.39 is 0 Å². The van der Waals surface area contributed by atoms with E-state index in [4.69, 9.17) is 0 Å². The molecule has 0 saturated carbocycles. The second-order valence-corrected chi connectivity index (χ2v) is 4.05. The van der Waals surface area contributed by atoms with E-state index >= 15 is 0 Å². The summed E-state index contributed by atoms with van der Waals surface area (Å²) in [6.07, 6.45) is 1.63. The van der Waals surface area contributed by atoms with Crippen molar-refractivity contribution in [3.63, 3.8) is 0 Å². The lowest BCUT2D eigenvalue weighted by Gasteiger charge is -2.12. The van der Waals surface area contributed by atoms with Gasteiger partial charge in [0.15, 0.2) is 11.5 Å². The lowest BCUT2D eigenvalue weighted by atomic mass is 10.3. The van der Waals surface area contributed by atoms with E-state index in [0.29, 0.717) is 5.82 Å². The molecule has 0 aliphatic rings. The Morgan fingerprint density at radius 3 is 2.63 bits per heavy atom. The maximum absolute atomic E-state index is 11.3. The van der Waals surface area contributed by atoms with Gasteiger partial charge in [-0.3, -0.25) is 4.79 Å². The molecule has 0 bridgehead atoms. The summed E-state index contributed by atoms with van der Waals surface area (Å²) in [7, 11) is 3.42. The monoisotopic (exact) mass is 261 g/mol. The maximum atomic E-state index is 11.3. The minimum absolute atomic E-state index is 0.0624. The molecule has 100 valence electrons. The van der Waals surface area contributed by atoms with Gasteiger partial charge in [0.05, 0.1) is 6.04 Å². The van der Waals surface area contributed by atoms with Crippen LogP contribution in [0.1, 0.15) is 29.3 Å². The van der Waals surface area contributed by atoms with E-state index in [-0.39, 0.29) is 17.6 Å². The second-order valence-electron chi connectivity index (χ2n) is 4.05. The molecule has 1 amide bonds. The number of rotatable bonds is 4. The molecule has 0 aliphatic carbocycles. The van der Waals surface area contributed by atoms with Crippen LogP contribution in [0, 0.1) is 0 Å². The Kier molecular flexibility index (Phi) is 3.69. The fourth-order valence-electron chi connectivity index (χ4n) is 1.63. The lowest BCUT2D eigenvalue weighted by Crippen LogP contribution is -2.20. The van der Waals surface area contributed by atoms with E-state index in [9.17, 15) is 4.79 Å². The van der Waals surface area contributed by atoms with Crippen LogP contribution in [0.25, 0.3) is 0 Å². The van der Waals surface area contributed by atoms with Gasteiger partial charge in [-0.1, -0.05) is 0 Å². The molecule has 0 saturated heterocycles. The molecule has 2 N–H and O–H groups in total. The molecule has 1 unspecified atom stereocenters. The highest BCUT2D eigenvalue weighted by Gasteiger charge is 2.12. The number of anilines is 1. The van der Waals surface area contributed by atoms with Crippen molar-refractivity contribution in [2.24, 2.45) is 7.05 Å². The highest BCUT2D eigenvalue weighted by molar-refractivity contribution is 5.91.